The van der Waals surface area contributed by atoms with E-state index in [1.807, 2.05) is 12.1 Å². The molecule has 3 rings (SSSR count). The Morgan fingerprint density at radius 1 is 1.26 bits per heavy atom. The summed E-state index contributed by atoms with van der Waals surface area (Å²) in [7, 11) is 0. The second kappa shape index (κ2) is 5.07. The summed E-state index contributed by atoms with van der Waals surface area (Å²) in [6.45, 7) is 0. The van der Waals surface area contributed by atoms with E-state index in [0.29, 0.717) is 12.0 Å². The van der Waals surface area contributed by atoms with Gasteiger partial charge < -0.3 is 5.73 Å². The average Bonchev–Trinajstić information content (AvgIpc) is 2.83. The zero-order chi connectivity index (χ0) is 13.2. The lowest BCUT2D eigenvalue weighted by atomic mass is 10.00. The Morgan fingerprint density at radius 3 is 2.95 bits per heavy atom. The van der Waals surface area contributed by atoms with Crippen LogP contribution in [0.5, 0.6) is 0 Å². The Morgan fingerprint density at radius 2 is 2.11 bits per heavy atom. The minimum Gasteiger partial charge on any atom is -0.324 e. The van der Waals surface area contributed by atoms with Crippen molar-refractivity contribution in [1.82, 2.24) is 4.98 Å². The van der Waals surface area contributed by atoms with Crippen LogP contribution < -0.4 is 5.73 Å². The lowest BCUT2D eigenvalue weighted by Crippen LogP contribution is -2.15. The number of benzene rings is 1. The minimum absolute atomic E-state index is 0.338. The molecule has 2 heterocycles. The topological polar surface area (TPSA) is 38.9 Å². The van der Waals surface area contributed by atoms with E-state index in [-0.39, 0.29) is 11.9 Å². The molecule has 0 aliphatic carbocycles. The molecule has 1 unspecified atom stereocenters. The number of hydrogen-bond donors (Lipinski definition) is 1. The third kappa shape index (κ3) is 2.37. The summed E-state index contributed by atoms with van der Waals surface area (Å²) in [5.41, 5.74) is 7.80. The van der Waals surface area contributed by atoms with Crippen LogP contribution in [0.4, 0.5) is 4.39 Å². The van der Waals surface area contributed by atoms with Gasteiger partial charge in [0, 0.05) is 22.5 Å². The number of hydrogen-bond acceptors (Lipinski definition) is 3. The Labute approximate surface area is 114 Å². The third-order valence-corrected chi connectivity index (χ3v) is 4.22. The highest BCUT2D eigenvalue weighted by Gasteiger charge is 2.14. The van der Waals surface area contributed by atoms with Crippen molar-refractivity contribution in [3.63, 3.8) is 0 Å². The van der Waals surface area contributed by atoms with Crippen LogP contribution in [0.3, 0.4) is 0 Å². The molecule has 0 spiro atoms. The molecule has 0 radical (unpaired) electrons. The van der Waals surface area contributed by atoms with Gasteiger partial charge in [-0.25, -0.2) is 4.39 Å². The Hall–Kier alpha value is -1.78. The monoisotopic (exact) mass is 272 g/mol. The molecule has 3 aromatic rings. The summed E-state index contributed by atoms with van der Waals surface area (Å²) in [4.78, 5) is 3.75. The van der Waals surface area contributed by atoms with Gasteiger partial charge in [0.25, 0.3) is 0 Å². The average molecular weight is 272 g/mol. The van der Waals surface area contributed by atoms with Crippen molar-refractivity contribution in [2.75, 3.05) is 0 Å². The predicted molar refractivity (Wildman–Crippen MR) is 76.7 cm³/mol. The van der Waals surface area contributed by atoms with Crippen molar-refractivity contribution in [3.8, 4) is 0 Å². The van der Waals surface area contributed by atoms with Crippen molar-refractivity contribution in [1.29, 1.82) is 0 Å². The second-order valence-electron chi connectivity index (χ2n) is 4.46. The van der Waals surface area contributed by atoms with Crippen molar-refractivity contribution in [2.24, 2.45) is 5.73 Å². The van der Waals surface area contributed by atoms with Crippen LogP contribution >= 0.6 is 11.3 Å². The van der Waals surface area contributed by atoms with E-state index in [2.05, 4.69) is 22.5 Å². The van der Waals surface area contributed by atoms with Gasteiger partial charge >= 0.3 is 0 Å². The maximum absolute atomic E-state index is 13.6. The third-order valence-electron chi connectivity index (χ3n) is 3.20. The van der Waals surface area contributed by atoms with Gasteiger partial charge in [-0.2, -0.15) is 0 Å². The molecule has 4 heteroatoms. The standard InChI is InChI=1S/C15H13FN2S/c16-13-8-18-6-5-12(13)14(17)7-10-9-19-15-4-2-1-3-11(10)15/h1-6,8-9,14H,7,17H2. The Balaban J connectivity index is 1.91. The molecule has 0 amide bonds. The largest absolute Gasteiger partial charge is 0.324 e. The molecular formula is C15H13FN2S. The van der Waals surface area contributed by atoms with Gasteiger partial charge in [0.2, 0.25) is 0 Å². The minimum atomic E-state index is -0.346. The fourth-order valence-corrected chi connectivity index (χ4v) is 3.20. The zero-order valence-electron chi connectivity index (χ0n) is 10.2. The molecule has 96 valence electrons. The maximum Gasteiger partial charge on any atom is 0.146 e. The van der Waals surface area contributed by atoms with E-state index >= 15 is 0 Å². The summed E-state index contributed by atoms with van der Waals surface area (Å²) in [5, 5.41) is 3.31. The lowest BCUT2D eigenvalue weighted by molar-refractivity contribution is 0.575. The number of nitrogens with zero attached hydrogens (tertiary/aromatic N) is 1. The highest BCUT2D eigenvalue weighted by molar-refractivity contribution is 7.17. The molecule has 0 bridgehead atoms. The molecule has 0 aliphatic rings. The van der Waals surface area contributed by atoms with Crippen LogP contribution in [0, 0.1) is 5.82 Å². The Kier molecular flexibility index (Phi) is 3.27. The number of rotatable bonds is 3. The number of halogens is 1. The second-order valence-corrected chi connectivity index (χ2v) is 5.38. The fraction of sp³-hybridized carbons (Fsp3) is 0.133. The van der Waals surface area contributed by atoms with Crippen LogP contribution in [-0.4, -0.2) is 4.98 Å². The first-order valence-electron chi connectivity index (χ1n) is 6.06. The fourth-order valence-electron chi connectivity index (χ4n) is 2.22. The number of fused-ring (bicyclic) bond motifs is 1. The van der Waals surface area contributed by atoms with E-state index in [0.717, 1.165) is 0 Å². The molecule has 0 saturated carbocycles. The molecule has 2 N–H and O–H groups in total. The van der Waals surface area contributed by atoms with Crippen molar-refractivity contribution >= 4 is 21.4 Å². The summed E-state index contributed by atoms with van der Waals surface area (Å²) in [6.07, 6.45) is 3.41. The predicted octanol–water partition coefficient (Wildman–Crippen LogP) is 3.68. The first-order valence-corrected chi connectivity index (χ1v) is 6.94. The van der Waals surface area contributed by atoms with E-state index in [4.69, 9.17) is 5.73 Å². The van der Waals surface area contributed by atoms with Crippen LogP contribution in [-0.2, 0) is 6.42 Å². The maximum atomic E-state index is 13.6. The molecule has 1 aromatic carbocycles. The van der Waals surface area contributed by atoms with Gasteiger partial charge in [0.05, 0.1) is 6.20 Å². The molecule has 0 fully saturated rings. The quantitative estimate of drug-likeness (QED) is 0.790. The van der Waals surface area contributed by atoms with E-state index < -0.39 is 0 Å². The molecule has 0 aliphatic heterocycles. The number of nitrogens with two attached hydrogens (primary N) is 1. The summed E-state index contributed by atoms with van der Waals surface area (Å²) in [6, 6.07) is 9.50. The van der Waals surface area contributed by atoms with Crippen molar-refractivity contribution < 1.29 is 4.39 Å². The van der Waals surface area contributed by atoms with Gasteiger partial charge in [-0.15, -0.1) is 11.3 Å². The molecule has 1 atom stereocenters. The molecule has 19 heavy (non-hydrogen) atoms. The molecule has 2 aromatic heterocycles. The van der Waals surface area contributed by atoms with Gasteiger partial charge in [0.1, 0.15) is 5.82 Å². The van der Waals surface area contributed by atoms with Crippen LogP contribution in [0.25, 0.3) is 10.1 Å². The highest BCUT2D eigenvalue weighted by Crippen LogP contribution is 2.29. The smallest absolute Gasteiger partial charge is 0.146 e. The summed E-state index contributed by atoms with van der Waals surface area (Å²) < 4.78 is 14.9. The summed E-state index contributed by atoms with van der Waals surface area (Å²) >= 11 is 1.69. The molecular weight excluding hydrogens is 259 g/mol. The number of pyridine rings is 1. The van der Waals surface area contributed by atoms with Crippen molar-refractivity contribution in [2.45, 2.75) is 12.5 Å². The number of aromatic nitrogens is 1. The van der Waals surface area contributed by atoms with Crippen LogP contribution in [0.1, 0.15) is 17.2 Å². The van der Waals surface area contributed by atoms with Crippen molar-refractivity contribution in [3.05, 3.63) is 65.0 Å². The van der Waals surface area contributed by atoms with Gasteiger partial charge in [-0.1, -0.05) is 18.2 Å². The molecule has 0 saturated heterocycles. The first kappa shape index (κ1) is 12.3. The SMILES string of the molecule is NC(Cc1csc2ccccc12)c1ccncc1F. The van der Waals surface area contributed by atoms with Crippen LogP contribution in [0.15, 0.2) is 48.1 Å². The Bertz CT molecular complexity index is 708. The highest BCUT2D eigenvalue weighted by atomic mass is 32.1. The first-order chi connectivity index (χ1) is 9.25. The zero-order valence-corrected chi connectivity index (χ0v) is 11.0. The van der Waals surface area contributed by atoms with Gasteiger partial charge in [-0.3, -0.25) is 4.98 Å². The van der Waals surface area contributed by atoms with E-state index in [9.17, 15) is 4.39 Å². The molecule has 2 nitrogen and oxygen atoms in total. The lowest BCUT2D eigenvalue weighted by Gasteiger charge is -2.12. The van der Waals surface area contributed by atoms with E-state index in [1.165, 1.54) is 21.8 Å². The normalized spacial score (nSPS) is 12.7. The van der Waals surface area contributed by atoms with Gasteiger partial charge in [-0.05, 0) is 34.9 Å². The van der Waals surface area contributed by atoms with Gasteiger partial charge in [0.15, 0.2) is 0 Å². The van der Waals surface area contributed by atoms with E-state index in [1.54, 1.807) is 23.6 Å². The van der Waals surface area contributed by atoms with Crippen LogP contribution in [0.2, 0.25) is 0 Å². The number of thiophene rings is 1. The summed E-state index contributed by atoms with van der Waals surface area (Å²) in [5.74, 6) is -0.338.